The van der Waals surface area contributed by atoms with Crippen molar-refractivity contribution in [3.8, 4) is 17.1 Å². The molecule has 1 saturated carbocycles. The van der Waals surface area contributed by atoms with Gasteiger partial charge in [-0.3, -0.25) is 9.36 Å². The van der Waals surface area contributed by atoms with Crippen LogP contribution < -0.4 is 10.0 Å². The number of carbonyl (C=O) groups excluding carboxylic acids is 1. The Labute approximate surface area is 236 Å². The average Bonchev–Trinajstić information content (AvgIpc) is 3.62. The number of nitrogens with zero attached hydrogens (tertiary/aromatic N) is 3. The van der Waals surface area contributed by atoms with Crippen LogP contribution >= 0.6 is 11.8 Å². The summed E-state index contributed by atoms with van der Waals surface area (Å²) in [7, 11) is -3.70. The number of aromatic nitrogens is 3. The smallest absolute Gasteiger partial charge is 0.335 e. The predicted molar refractivity (Wildman–Crippen MR) is 152 cm³/mol. The quantitative estimate of drug-likeness (QED) is 0.180. The SMILES string of the molecule is O=C(CSc1nnc(-c2cccc([S+](=O)([O-])NC3CCCC3)c2)n1-c1ccccc1)Nc1ccc(C(=O)O)cc1. The first kappa shape index (κ1) is 27.7. The van der Waals surface area contributed by atoms with Gasteiger partial charge < -0.3 is 15.0 Å². The van der Waals surface area contributed by atoms with Crippen LogP contribution in [0.5, 0.6) is 0 Å². The molecular formula is C28H27N5O5S2. The Morgan fingerprint density at radius 1 is 1.00 bits per heavy atom. The molecule has 4 aromatic rings. The maximum absolute atomic E-state index is 13.1. The van der Waals surface area contributed by atoms with Gasteiger partial charge in [0.2, 0.25) is 5.91 Å². The molecule has 10 nitrogen and oxygen atoms in total. The van der Waals surface area contributed by atoms with E-state index in [4.69, 9.17) is 5.11 Å². The number of carboxylic acid groups (broad SMARTS) is 1. The summed E-state index contributed by atoms with van der Waals surface area (Å²) < 4.78 is 30.8. The molecule has 206 valence electrons. The Morgan fingerprint density at radius 3 is 2.42 bits per heavy atom. The van der Waals surface area contributed by atoms with Crippen molar-refractivity contribution in [2.24, 2.45) is 0 Å². The van der Waals surface area contributed by atoms with Gasteiger partial charge in [0.05, 0.1) is 17.4 Å². The van der Waals surface area contributed by atoms with E-state index in [1.165, 1.54) is 36.0 Å². The van der Waals surface area contributed by atoms with Crippen molar-refractivity contribution in [2.75, 3.05) is 11.1 Å². The zero-order valence-electron chi connectivity index (χ0n) is 21.4. The van der Waals surface area contributed by atoms with Crippen molar-refractivity contribution >= 4 is 39.7 Å². The molecule has 1 aliphatic carbocycles. The first-order chi connectivity index (χ1) is 19.3. The number of nitrogens with one attached hydrogen (secondary N) is 2. The van der Waals surface area contributed by atoms with Crippen LogP contribution in [0.2, 0.25) is 0 Å². The Bertz CT molecular complexity index is 1550. The number of thioether (sulfide) groups is 1. The Morgan fingerprint density at radius 2 is 1.73 bits per heavy atom. The minimum Gasteiger partial charge on any atom is -0.593 e. The standard InChI is InChI=1S/C28H27N5O5S2/c34-25(29-21-15-13-19(14-16-21)27(35)36)18-39-28-31-30-26(33(28)23-10-2-1-3-11-23)20-7-6-12-24(17-20)40(37,38)32-22-8-4-5-9-22/h1-3,6-7,10-17,22H,4-5,8-9,18H2,(H3-,29,32,34,35,36,37,38). The average molecular weight is 578 g/mol. The summed E-state index contributed by atoms with van der Waals surface area (Å²) >= 11 is 1.18. The van der Waals surface area contributed by atoms with E-state index in [9.17, 15) is 18.4 Å². The molecule has 1 unspecified atom stereocenters. The molecule has 1 amide bonds. The summed E-state index contributed by atoms with van der Waals surface area (Å²) in [5, 5.41) is 20.9. The third kappa shape index (κ3) is 6.48. The summed E-state index contributed by atoms with van der Waals surface area (Å²) in [4.78, 5) is 23.8. The Kier molecular flexibility index (Phi) is 8.40. The zero-order valence-corrected chi connectivity index (χ0v) is 23.0. The van der Waals surface area contributed by atoms with Crippen molar-refractivity contribution < 1.29 is 23.5 Å². The molecule has 1 atom stereocenters. The van der Waals surface area contributed by atoms with Crippen LogP contribution in [-0.2, 0) is 19.4 Å². The molecule has 5 rings (SSSR count). The van der Waals surface area contributed by atoms with E-state index in [0.717, 1.165) is 31.4 Å². The molecule has 1 heterocycles. The van der Waals surface area contributed by atoms with Gasteiger partial charge >= 0.3 is 5.97 Å². The lowest BCUT2D eigenvalue weighted by Gasteiger charge is -2.19. The second kappa shape index (κ2) is 12.1. The van der Waals surface area contributed by atoms with Gasteiger partial charge in [-0.1, -0.05) is 59.1 Å². The molecular weight excluding hydrogens is 550 g/mol. The van der Waals surface area contributed by atoms with Crippen molar-refractivity contribution in [1.29, 1.82) is 0 Å². The minimum atomic E-state index is -3.70. The number of carboxylic acids is 1. The van der Waals surface area contributed by atoms with Gasteiger partial charge in [-0.25, -0.2) is 4.79 Å². The maximum atomic E-state index is 13.1. The predicted octanol–water partition coefficient (Wildman–Crippen LogP) is 4.80. The third-order valence-electron chi connectivity index (χ3n) is 6.48. The van der Waals surface area contributed by atoms with Crippen LogP contribution in [0.25, 0.3) is 17.1 Å². The summed E-state index contributed by atoms with van der Waals surface area (Å²) in [6, 6.07) is 21.8. The van der Waals surface area contributed by atoms with Crippen molar-refractivity contribution in [1.82, 2.24) is 19.5 Å². The molecule has 40 heavy (non-hydrogen) atoms. The number of para-hydroxylation sites is 1. The molecule has 0 saturated heterocycles. The topological polar surface area (TPSA) is 149 Å². The molecule has 1 aliphatic rings. The highest BCUT2D eigenvalue weighted by molar-refractivity contribution is 7.99. The van der Waals surface area contributed by atoms with Crippen LogP contribution in [0, 0.1) is 0 Å². The second-order valence-electron chi connectivity index (χ2n) is 9.33. The summed E-state index contributed by atoms with van der Waals surface area (Å²) in [5.41, 5.74) is 1.93. The highest BCUT2D eigenvalue weighted by Crippen LogP contribution is 2.30. The fourth-order valence-electron chi connectivity index (χ4n) is 4.52. The van der Waals surface area contributed by atoms with Crippen molar-refractivity contribution in [2.45, 2.75) is 41.8 Å². The number of anilines is 1. The number of hydrogen-bond acceptors (Lipinski definition) is 7. The van der Waals surface area contributed by atoms with E-state index < -0.39 is 16.4 Å². The number of benzene rings is 3. The first-order valence-corrected chi connectivity index (χ1v) is 15.2. The Balaban J connectivity index is 1.38. The molecule has 0 radical (unpaired) electrons. The summed E-state index contributed by atoms with van der Waals surface area (Å²) in [6.07, 6.45) is 3.71. The molecule has 1 fully saturated rings. The lowest BCUT2D eigenvalue weighted by atomic mass is 10.2. The van der Waals surface area contributed by atoms with Crippen LogP contribution in [0.15, 0.2) is 88.9 Å². The first-order valence-electron chi connectivity index (χ1n) is 12.7. The highest BCUT2D eigenvalue weighted by Gasteiger charge is 2.28. The lowest BCUT2D eigenvalue weighted by molar-refractivity contribution is -0.113. The molecule has 3 aromatic carbocycles. The largest absolute Gasteiger partial charge is 0.593 e. The van der Waals surface area contributed by atoms with Gasteiger partial charge in [-0.15, -0.1) is 14.9 Å². The van der Waals surface area contributed by atoms with E-state index in [0.29, 0.717) is 22.2 Å². The normalized spacial score (nSPS) is 15.0. The molecule has 3 N–H and O–H groups in total. The van der Waals surface area contributed by atoms with Crippen LogP contribution in [-0.4, -0.2) is 48.1 Å². The van der Waals surface area contributed by atoms with Gasteiger partial charge in [-0.05, 0) is 55.3 Å². The Hall–Kier alpha value is -3.84. The minimum absolute atomic E-state index is 0.0192. The number of aromatic carboxylic acids is 1. The van der Waals surface area contributed by atoms with E-state index in [1.54, 1.807) is 28.8 Å². The molecule has 1 aromatic heterocycles. The fourth-order valence-corrected chi connectivity index (χ4v) is 6.62. The third-order valence-corrected chi connectivity index (χ3v) is 8.92. The van der Waals surface area contributed by atoms with Gasteiger partial charge in [0.1, 0.15) is 0 Å². The van der Waals surface area contributed by atoms with Crippen LogP contribution in [0.4, 0.5) is 5.69 Å². The van der Waals surface area contributed by atoms with Gasteiger partial charge in [-0.2, -0.15) is 0 Å². The van der Waals surface area contributed by atoms with Crippen molar-refractivity contribution in [3.05, 3.63) is 84.4 Å². The molecule has 0 aliphatic heterocycles. The van der Waals surface area contributed by atoms with E-state index in [-0.39, 0.29) is 28.2 Å². The zero-order chi connectivity index (χ0) is 28.1. The molecule has 0 bridgehead atoms. The number of amides is 1. The van der Waals surface area contributed by atoms with E-state index in [2.05, 4.69) is 20.2 Å². The van der Waals surface area contributed by atoms with Gasteiger partial charge in [0.25, 0.3) is 0 Å². The second-order valence-corrected chi connectivity index (χ2v) is 12.0. The summed E-state index contributed by atoms with van der Waals surface area (Å²) in [5.74, 6) is -0.886. The van der Waals surface area contributed by atoms with Gasteiger partial charge in [0, 0.05) is 23.0 Å². The monoisotopic (exact) mass is 577 g/mol. The highest BCUT2D eigenvalue weighted by atomic mass is 32.3. The molecule has 0 spiro atoms. The number of sulfonamides is 1. The van der Waals surface area contributed by atoms with Crippen LogP contribution in [0.3, 0.4) is 0 Å². The molecule has 12 heteroatoms. The number of rotatable bonds is 10. The van der Waals surface area contributed by atoms with Crippen LogP contribution in [0.1, 0.15) is 36.0 Å². The maximum Gasteiger partial charge on any atom is 0.335 e. The lowest BCUT2D eigenvalue weighted by Crippen LogP contribution is -2.37. The summed E-state index contributed by atoms with van der Waals surface area (Å²) in [6.45, 7) is 0. The number of carbonyl (C=O) groups is 2. The van der Waals surface area contributed by atoms with Gasteiger partial charge in [0.15, 0.2) is 26.3 Å². The van der Waals surface area contributed by atoms with E-state index >= 15 is 0 Å². The fraction of sp³-hybridized carbons (Fsp3) is 0.214. The van der Waals surface area contributed by atoms with Crippen molar-refractivity contribution in [3.63, 3.8) is 0 Å². The number of hydrogen-bond donors (Lipinski definition) is 3. The van der Waals surface area contributed by atoms with E-state index in [1.807, 2.05) is 30.3 Å².